The number of benzene rings is 1. The normalized spacial score (nSPS) is 17.9. The van der Waals surface area contributed by atoms with Crippen LogP contribution in [0, 0.1) is 13.8 Å². The molecule has 1 aromatic rings. The minimum Gasteiger partial charge on any atom is -0.390 e. The maximum Gasteiger partial charge on any atom is 0.0793 e. The molecule has 0 aromatic heterocycles. The van der Waals surface area contributed by atoms with Crippen molar-refractivity contribution in [1.29, 1.82) is 0 Å². The van der Waals surface area contributed by atoms with E-state index in [-0.39, 0.29) is 6.10 Å². The standard InChI is InChI=1S/C17H27ClN2O2/c1-13-8-15(18)9-14(2)17(13)12-19(3)10-16(21)11-20-4-6-22-7-5-20/h8-9,16,21H,4-7,10-12H2,1-3H3. The first-order chi connectivity index (χ1) is 10.5. The Hall–Kier alpha value is -0.650. The summed E-state index contributed by atoms with van der Waals surface area (Å²) in [4.78, 5) is 4.44. The fourth-order valence-electron chi connectivity index (χ4n) is 3.02. The maximum atomic E-state index is 10.3. The largest absolute Gasteiger partial charge is 0.390 e. The topological polar surface area (TPSA) is 35.9 Å². The van der Waals surface area contributed by atoms with Gasteiger partial charge in [0.25, 0.3) is 0 Å². The van der Waals surface area contributed by atoms with Gasteiger partial charge in [-0.1, -0.05) is 11.6 Å². The number of β-amino-alcohol motifs (C(OH)–C–C–N with tert-alkyl or cyclic N) is 1. The van der Waals surface area contributed by atoms with Crippen molar-refractivity contribution in [3.8, 4) is 0 Å². The van der Waals surface area contributed by atoms with Crippen molar-refractivity contribution >= 4 is 11.6 Å². The van der Waals surface area contributed by atoms with Crippen LogP contribution in [0.3, 0.4) is 0 Å². The molecule has 0 saturated carbocycles. The summed E-state index contributed by atoms with van der Waals surface area (Å²) in [6.07, 6.45) is -0.337. The van der Waals surface area contributed by atoms with E-state index in [1.54, 1.807) is 0 Å². The van der Waals surface area contributed by atoms with Gasteiger partial charge in [0.15, 0.2) is 0 Å². The van der Waals surface area contributed by atoms with Gasteiger partial charge in [-0.25, -0.2) is 0 Å². The predicted molar refractivity (Wildman–Crippen MR) is 90.5 cm³/mol. The molecule has 0 radical (unpaired) electrons. The summed E-state index contributed by atoms with van der Waals surface area (Å²) < 4.78 is 5.33. The summed E-state index contributed by atoms with van der Waals surface area (Å²) in [5.41, 5.74) is 3.71. The fraction of sp³-hybridized carbons (Fsp3) is 0.647. The number of nitrogens with zero attached hydrogens (tertiary/aromatic N) is 2. The van der Waals surface area contributed by atoms with Crippen LogP contribution in [0.1, 0.15) is 16.7 Å². The third kappa shape index (κ3) is 5.21. The molecule has 5 heteroatoms. The quantitative estimate of drug-likeness (QED) is 0.868. The second-order valence-electron chi connectivity index (χ2n) is 6.28. The lowest BCUT2D eigenvalue weighted by Gasteiger charge is -2.30. The van der Waals surface area contributed by atoms with Gasteiger partial charge < -0.3 is 9.84 Å². The third-order valence-corrected chi connectivity index (χ3v) is 4.40. The number of aryl methyl sites for hydroxylation is 2. The number of morpholine rings is 1. The summed E-state index contributed by atoms with van der Waals surface area (Å²) in [6, 6.07) is 4.00. The molecule has 124 valence electrons. The highest BCUT2D eigenvalue weighted by Gasteiger charge is 2.17. The van der Waals surface area contributed by atoms with E-state index in [9.17, 15) is 5.11 Å². The lowest BCUT2D eigenvalue weighted by atomic mass is 10.0. The number of hydrogen-bond donors (Lipinski definition) is 1. The number of ether oxygens (including phenoxy) is 1. The molecule has 1 heterocycles. The molecule has 1 fully saturated rings. The minimum absolute atomic E-state index is 0.337. The molecule has 1 aliphatic rings. The molecule has 1 aromatic carbocycles. The lowest BCUT2D eigenvalue weighted by molar-refractivity contribution is 0.00823. The monoisotopic (exact) mass is 326 g/mol. The predicted octanol–water partition coefficient (Wildman–Crippen LogP) is 2.08. The average Bonchev–Trinajstić information content (AvgIpc) is 2.43. The minimum atomic E-state index is -0.337. The summed E-state index contributed by atoms with van der Waals surface area (Å²) in [7, 11) is 2.05. The van der Waals surface area contributed by atoms with Crippen LogP contribution >= 0.6 is 11.6 Å². The second-order valence-corrected chi connectivity index (χ2v) is 6.72. The van der Waals surface area contributed by atoms with E-state index in [0.717, 1.165) is 37.9 Å². The number of likely N-dealkylation sites (N-methyl/N-ethyl adjacent to an activating group) is 1. The van der Waals surface area contributed by atoms with Crippen LogP contribution in [0.4, 0.5) is 0 Å². The molecule has 1 saturated heterocycles. The van der Waals surface area contributed by atoms with Crippen molar-refractivity contribution < 1.29 is 9.84 Å². The van der Waals surface area contributed by atoms with Crippen LogP contribution in [-0.4, -0.2) is 67.5 Å². The zero-order chi connectivity index (χ0) is 16.1. The van der Waals surface area contributed by atoms with Crippen LogP contribution < -0.4 is 0 Å². The Bertz CT molecular complexity index is 467. The molecule has 2 rings (SSSR count). The Kier molecular flexibility index (Phi) is 6.66. The Morgan fingerprint density at radius 3 is 2.45 bits per heavy atom. The van der Waals surface area contributed by atoms with Crippen molar-refractivity contribution in [1.82, 2.24) is 9.80 Å². The number of aliphatic hydroxyl groups is 1. The summed E-state index contributed by atoms with van der Waals surface area (Å²) in [5, 5.41) is 11.1. The van der Waals surface area contributed by atoms with Gasteiger partial charge in [0, 0.05) is 37.7 Å². The van der Waals surface area contributed by atoms with Crippen LogP contribution in [0.15, 0.2) is 12.1 Å². The van der Waals surface area contributed by atoms with Crippen molar-refractivity contribution in [3.63, 3.8) is 0 Å². The molecule has 1 atom stereocenters. The summed E-state index contributed by atoms with van der Waals surface area (Å²) in [5.74, 6) is 0. The van der Waals surface area contributed by atoms with E-state index in [2.05, 4.69) is 30.7 Å². The molecule has 0 aliphatic carbocycles. The number of rotatable bonds is 6. The van der Waals surface area contributed by atoms with Gasteiger partial charge in [0.1, 0.15) is 0 Å². The second kappa shape index (κ2) is 8.27. The van der Waals surface area contributed by atoms with Crippen LogP contribution in [-0.2, 0) is 11.3 Å². The number of aliphatic hydroxyl groups excluding tert-OH is 1. The van der Waals surface area contributed by atoms with E-state index in [4.69, 9.17) is 16.3 Å². The van der Waals surface area contributed by atoms with Gasteiger partial charge in [-0.3, -0.25) is 9.80 Å². The van der Waals surface area contributed by atoms with Crippen molar-refractivity contribution in [2.45, 2.75) is 26.5 Å². The van der Waals surface area contributed by atoms with Crippen molar-refractivity contribution in [2.75, 3.05) is 46.4 Å². The molecule has 1 N–H and O–H groups in total. The zero-order valence-electron chi connectivity index (χ0n) is 13.8. The molecular formula is C17H27ClN2O2. The number of hydrogen-bond acceptors (Lipinski definition) is 4. The van der Waals surface area contributed by atoms with Gasteiger partial charge in [0.2, 0.25) is 0 Å². The summed E-state index contributed by atoms with van der Waals surface area (Å²) in [6.45, 7) is 9.75. The number of halogens is 1. The Morgan fingerprint density at radius 2 is 1.86 bits per heavy atom. The first kappa shape index (κ1) is 17.7. The zero-order valence-corrected chi connectivity index (χ0v) is 14.6. The molecule has 0 spiro atoms. The Morgan fingerprint density at radius 1 is 1.27 bits per heavy atom. The lowest BCUT2D eigenvalue weighted by Crippen LogP contribution is -2.44. The van der Waals surface area contributed by atoms with Crippen molar-refractivity contribution in [2.24, 2.45) is 0 Å². The van der Waals surface area contributed by atoms with E-state index in [0.29, 0.717) is 13.1 Å². The van der Waals surface area contributed by atoms with Gasteiger partial charge in [-0.15, -0.1) is 0 Å². The highest BCUT2D eigenvalue weighted by Crippen LogP contribution is 2.21. The Labute approximate surface area is 138 Å². The van der Waals surface area contributed by atoms with E-state index >= 15 is 0 Å². The highest BCUT2D eigenvalue weighted by atomic mass is 35.5. The molecular weight excluding hydrogens is 300 g/mol. The van der Waals surface area contributed by atoms with Crippen molar-refractivity contribution in [3.05, 3.63) is 33.8 Å². The first-order valence-electron chi connectivity index (χ1n) is 7.88. The Balaban J connectivity index is 1.85. The van der Waals surface area contributed by atoms with Crippen LogP contribution in [0.25, 0.3) is 0 Å². The SMILES string of the molecule is Cc1cc(Cl)cc(C)c1CN(C)CC(O)CN1CCOCC1. The van der Waals surface area contributed by atoms with Gasteiger partial charge >= 0.3 is 0 Å². The van der Waals surface area contributed by atoms with E-state index in [1.807, 2.05) is 12.1 Å². The van der Waals surface area contributed by atoms with E-state index < -0.39 is 0 Å². The van der Waals surface area contributed by atoms with Crippen LogP contribution in [0.5, 0.6) is 0 Å². The van der Waals surface area contributed by atoms with E-state index in [1.165, 1.54) is 16.7 Å². The van der Waals surface area contributed by atoms with Crippen LogP contribution in [0.2, 0.25) is 5.02 Å². The van der Waals surface area contributed by atoms with Gasteiger partial charge in [0.05, 0.1) is 19.3 Å². The molecule has 0 bridgehead atoms. The molecule has 4 nitrogen and oxygen atoms in total. The molecule has 1 unspecified atom stereocenters. The highest BCUT2D eigenvalue weighted by molar-refractivity contribution is 6.30. The third-order valence-electron chi connectivity index (χ3n) is 4.18. The molecule has 1 aliphatic heterocycles. The maximum absolute atomic E-state index is 10.3. The smallest absolute Gasteiger partial charge is 0.0793 e. The molecule has 22 heavy (non-hydrogen) atoms. The molecule has 0 amide bonds. The first-order valence-corrected chi connectivity index (χ1v) is 8.26. The van der Waals surface area contributed by atoms with Gasteiger partial charge in [-0.2, -0.15) is 0 Å². The summed E-state index contributed by atoms with van der Waals surface area (Å²) >= 11 is 6.08. The fourth-order valence-corrected chi connectivity index (χ4v) is 3.35. The average molecular weight is 327 g/mol. The van der Waals surface area contributed by atoms with Gasteiger partial charge in [-0.05, 0) is 49.7 Å².